The van der Waals surface area contributed by atoms with Crippen LogP contribution in [-0.4, -0.2) is 17.7 Å². The van der Waals surface area contributed by atoms with E-state index in [1.54, 1.807) is 42.5 Å². The van der Waals surface area contributed by atoms with Crippen LogP contribution in [0.15, 0.2) is 149 Å². The van der Waals surface area contributed by atoms with Gasteiger partial charge in [-0.2, -0.15) is 0 Å². The van der Waals surface area contributed by atoms with Crippen molar-refractivity contribution in [2.24, 2.45) is 0 Å². The number of benzene rings is 5. The number of hydrogen-bond donors (Lipinski definition) is 3. The number of anilines is 2. The van der Waals surface area contributed by atoms with Crippen molar-refractivity contribution in [3.05, 3.63) is 166 Å². The van der Waals surface area contributed by atoms with Gasteiger partial charge in [0.2, 0.25) is 5.91 Å². The summed E-state index contributed by atoms with van der Waals surface area (Å²) < 4.78 is 0.902. The predicted octanol–water partition coefficient (Wildman–Crippen LogP) is 9.45. The van der Waals surface area contributed by atoms with E-state index in [-0.39, 0.29) is 11.6 Å². The van der Waals surface area contributed by atoms with Gasteiger partial charge in [-0.15, -0.1) is 11.8 Å². The number of hydrogen-bond acceptors (Lipinski definition) is 4. The second-order valence-corrected chi connectivity index (χ2v) is 13.2. The molecule has 0 aliphatic carbocycles. The maximum absolute atomic E-state index is 13.6. The van der Waals surface area contributed by atoms with Gasteiger partial charge < -0.3 is 16.0 Å². The maximum atomic E-state index is 13.6. The molecule has 3 N–H and O–H groups in total. The first-order valence-electron chi connectivity index (χ1n) is 15.1. The van der Waals surface area contributed by atoms with E-state index in [9.17, 15) is 14.4 Å². The summed E-state index contributed by atoms with van der Waals surface area (Å²) in [4.78, 5) is 40.8. The van der Waals surface area contributed by atoms with Crippen molar-refractivity contribution in [1.29, 1.82) is 0 Å². The van der Waals surface area contributed by atoms with Gasteiger partial charge in [-0.05, 0) is 89.3 Å². The molecule has 0 radical (unpaired) electrons. The van der Waals surface area contributed by atoms with E-state index in [1.807, 2.05) is 97.1 Å². The Kier molecular flexibility index (Phi) is 11.4. The number of amides is 3. The third kappa shape index (κ3) is 9.54. The Morgan fingerprint density at radius 2 is 1.23 bits per heavy atom. The average Bonchev–Trinajstić information content (AvgIpc) is 3.09. The Balaban J connectivity index is 1.31. The average molecular weight is 705 g/mol. The van der Waals surface area contributed by atoms with Crippen molar-refractivity contribution in [2.75, 3.05) is 10.6 Å². The van der Waals surface area contributed by atoms with Crippen LogP contribution in [0.1, 0.15) is 52.1 Å². The molecule has 0 saturated carbocycles. The molecule has 236 valence electrons. The minimum Gasteiger partial charge on any atom is -0.325 e. The van der Waals surface area contributed by atoms with Crippen LogP contribution in [0.4, 0.5) is 11.4 Å². The van der Waals surface area contributed by atoms with Crippen LogP contribution in [0.5, 0.6) is 0 Å². The van der Waals surface area contributed by atoms with Gasteiger partial charge in [-0.1, -0.05) is 103 Å². The Labute approximate surface area is 287 Å². The van der Waals surface area contributed by atoms with E-state index in [2.05, 4.69) is 45.7 Å². The molecule has 3 amide bonds. The third-order valence-electron chi connectivity index (χ3n) is 7.26. The molecule has 8 heteroatoms. The topological polar surface area (TPSA) is 87.3 Å². The summed E-state index contributed by atoms with van der Waals surface area (Å²) in [5.41, 5.74) is 4.66. The highest BCUT2D eigenvalue weighted by atomic mass is 79.9. The quantitative estimate of drug-likeness (QED) is 0.0945. The first-order chi connectivity index (χ1) is 22.7. The Morgan fingerprint density at radius 3 is 1.85 bits per heavy atom. The monoisotopic (exact) mass is 703 g/mol. The summed E-state index contributed by atoms with van der Waals surface area (Å²) >= 11 is 4.85. The summed E-state index contributed by atoms with van der Waals surface area (Å²) in [5.74, 6) is -0.588. The van der Waals surface area contributed by atoms with E-state index >= 15 is 0 Å². The fourth-order valence-corrected chi connectivity index (χ4v) is 5.97. The third-order valence-corrected chi connectivity index (χ3v) is 9.06. The minimum absolute atomic E-state index is 0.0990. The summed E-state index contributed by atoms with van der Waals surface area (Å²) in [5, 5.41) is 8.22. The number of carbonyl (C=O) groups is 3. The molecule has 5 aromatic carbocycles. The molecule has 0 heterocycles. The summed E-state index contributed by atoms with van der Waals surface area (Å²) in [6, 6.07) is 41.0. The molecule has 0 fully saturated rings. The molecule has 0 aliphatic heterocycles. The Morgan fingerprint density at radius 1 is 0.660 bits per heavy atom. The zero-order valence-corrected chi connectivity index (χ0v) is 28.3. The smallest absolute Gasteiger partial charge is 0.272 e. The molecule has 5 aromatic rings. The first-order valence-corrected chi connectivity index (χ1v) is 16.8. The van der Waals surface area contributed by atoms with Crippen molar-refractivity contribution >= 4 is 62.9 Å². The number of carbonyl (C=O) groups excluding carboxylic acids is 3. The predicted molar refractivity (Wildman–Crippen MR) is 195 cm³/mol. The van der Waals surface area contributed by atoms with Crippen LogP contribution in [0.3, 0.4) is 0 Å². The lowest BCUT2D eigenvalue weighted by Crippen LogP contribution is -2.30. The van der Waals surface area contributed by atoms with Crippen LogP contribution >= 0.6 is 27.7 Å². The van der Waals surface area contributed by atoms with Gasteiger partial charge in [0.05, 0.1) is 0 Å². The van der Waals surface area contributed by atoms with E-state index in [0.29, 0.717) is 17.2 Å². The van der Waals surface area contributed by atoms with Gasteiger partial charge in [0.25, 0.3) is 11.8 Å². The highest BCUT2D eigenvalue weighted by Gasteiger charge is 2.23. The van der Waals surface area contributed by atoms with Crippen LogP contribution in [-0.2, 0) is 9.59 Å². The SMILES string of the molecule is CC(C)c1ccc(NC(=O)C(Sc2ccc(NC(=O)/C(=C/c3ccc(Br)cc3)NC(=O)c3ccccc3)cc2)c2ccccc2)cc1. The lowest BCUT2D eigenvalue weighted by Gasteiger charge is -2.18. The Hall–Kier alpha value is -4.92. The molecule has 5 rings (SSSR count). The molecule has 47 heavy (non-hydrogen) atoms. The van der Waals surface area contributed by atoms with Gasteiger partial charge >= 0.3 is 0 Å². The fraction of sp³-hybridized carbons (Fsp3) is 0.103. The van der Waals surface area contributed by atoms with Gasteiger partial charge in [0, 0.05) is 26.3 Å². The van der Waals surface area contributed by atoms with Crippen molar-refractivity contribution < 1.29 is 14.4 Å². The second-order valence-electron chi connectivity index (χ2n) is 11.1. The van der Waals surface area contributed by atoms with Gasteiger partial charge in [0.15, 0.2) is 0 Å². The number of nitrogens with one attached hydrogen (secondary N) is 3. The molecule has 0 aromatic heterocycles. The molecule has 0 bridgehead atoms. The lowest BCUT2D eigenvalue weighted by atomic mass is 10.0. The van der Waals surface area contributed by atoms with E-state index in [0.717, 1.165) is 26.2 Å². The minimum atomic E-state index is -0.505. The Bertz CT molecular complexity index is 1840. The van der Waals surface area contributed by atoms with Gasteiger partial charge in [-0.3, -0.25) is 14.4 Å². The van der Waals surface area contributed by atoms with Gasteiger partial charge in [-0.25, -0.2) is 0 Å². The second kappa shape index (κ2) is 16.1. The molecule has 1 atom stereocenters. The zero-order chi connectivity index (χ0) is 33.2. The van der Waals surface area contributed by atoms with Crippen LogP contribution in [0, 0.1) is 0 Å². The standard InChI is InChI=1S/C39H34BrN3O3S/c1-26(2)28-15-19-32(20-16-28)42-39(46)36(29-9-5-3-6-10-29)47-34-23-21-33(22-24-34)41-38(45)35(25-27-13-17-31(40)18-14-27)43-37(44)30-11-7-4-8-12-30/h3-26,36H,1-2H3,(H,41,45)(H,42,46)(H,43,44)/b35-25-. The normalized spacial score (nSPS) is 11.9. The molecule has 0 saturated heterocycles. The summed E-state index contributed by atoms with van der Waals surface area (Å²) in [6.07, 6.45) is 1.63. The van der Waals surface area contributed by atoms with E-state index in [4.69, 9.17) is 0 Å². The lowest BCUT2D eigenvalue weighted by molar-refractivity contribution is -0.116. The fourth-order valence-electron chi connectivity index (χ4n) is 4.68. The molecule has 6 nitrogen and oxygen atoms in total. The first kappa shape index (κ1) is 33.4. The number of thioether (sulfide) groups is 1. The molecule has 0 spiro atoms. The van der Waals surface area contributed by atoms with E-state index in [1.165, 1.54) is 17.3 Å². The molecular weight excluding hydrogens is 670 g/mol. The van der Waals surface area contributed by atoms with Crippen molar-refractivity contribution in [2.45, 2.75) is 29.9 Å². The summed E-state index contributed by atoms with van der Waals surface area (Å²) in [6.45, 7) is 4.27. The van der Waals surface area contributed by atoms with Crippen LogP contribution < -0.4 is 16.0 Å². The van der Waals surface area contributed by atoms with Crippen LogP contribution in [0.2, 0.25) is 0 Å². The number of halogens is 1. The zero-order valence-electron chi connectivity index (χ0n) is 25.9. The molecule has 1 unspecified atom stereocenters. The highest BCUT2D eigenvalue weighted by molar-refractivity contribution is 9.10. The van der Waals surface area contributed by atoms with Crippen molar-refractivity contribution in [3.63, 3.8) is 0 Å². The largest absolute Gasteiger partial charge is 0.325 e. The van der Waals surface area contributed by atoms with Gasteiger partial charge in [0.1, 0.15) is 10.9 Å². The highest BCUT2D eigenvalue weighted by Crippen LogP contribution is 2.37. The van der Waals surface area contributed by atoms with Crippen molar-refractivity contribution in [1.82, 2.24) is 5.32 Å². The molecule has 0 aliphatic rings. The molecular formula is C39H34BrN3O3S. The van der Waals surface area contributed by atoms with Crippen molar-refractivity contribution in [3.8, 4) is 0 Å². The summed E-state index contributed by atoms with van der Waals surface area (Å²) in [7, 11) is 0. The van der Waals surface area contributed by atoms with E-state index < -0.39 is 17.1 Å². The maximum Gasteiger partial charge on any atom is 0.272 e. The van der Waals surface area contributed by atoms with Crippen LogP contribution in [0.25, 0.3) is 6.08 Å². The number of rotatable bonds is 11.